The number of nitro benzene ring substituents is 1. The van der Waals surface area contributed by atoms with E-state index in [2.05, 4.69) is 15.0 Å². The molecular weight excluding hydrogens is 396 g/mol. The number of rotatable bonds is 3. The fraction of sp³-hybridized carbons (Fsp3) is 0.214. The third-order valence-corrected chi connectivity index (χ3v) is 3.64. The number of non-ortho nitro benzene ring substituents is 1. The molecule has 132 valence electrons. The van der Waals surface area contributed by atoms with Crippen LogP contribution < -0.4 is 16.9 Å². The van der Waals surface area contributed by atoms with Crippen LogP contribution in [-0.2, 0) is 6.54 Å². The number of fused-ring (bicyclic) bond motifs is 1. The van der Waals surface area contributed by atoms with Crippen LogP contribution in [-0.4, -0.2) is 31.8 Å². The molecule has 2 aromatic rings. The lowest BCUT2D eigenvalue weighted by atomic mass is 10.1. The molecule has 1 aliphatic rings. The van der Waals surface area contributed by atoms with Gasteiger partial charge >= 0.3 is 11.1 Å². The van der Waals surface area contributed by atoms with E-state index in [1.165, 1.54) is 12.1 Å². The van der Waals surface area contributed by atoms with Crippen molar-refractivity contribution in [2.24, 2.45) is 10.7 Å². The standard InChI is InChI=1S/C14H14N6O4.BrH/c1-7-2-3-19(14(15)16-7)6-8-4-9(20(23)24)5-10-11(8)18-13(22)12(21)17-10;/h2-5,14H,6,15H2,1H3,(H,17,21)(H,18,22);1H. The van der Waals surface area contributed by atoms with Crippen LogP contribution in [0.1, 0.15) is 12.5 Å². The van der Waals surface area contributed by atoms with Gasteiger partial charge in [-0.2, -0.15) is 0 Å². The minimum absolute atomic E-state index is 0. The highest BCUT2D eigenvalue weighted by Gasteiger charge is 2.18. The quantitative estimate of drug-likeness (QED) is 0.385. The van der Waals surface area contributed by atoms with Crippen molar-refractivity contribution in [2.75, 3.05) is 0 Å². The van der Waals surface area contributed by atoms with Crippen molar-refractivity contribution in [3.8, 4) is 0 Å². The molecule has 0 saturated heterocycles. The summed E-state index contributed by atoms with van der Waals surface area (Å²) in [5.41, 5.74) is 5.74. The Kier molecular flexibility index (Phi) is 5.18. The molecule has 1 aromatic carbocycles. The Bertz CT molecular complexity index is 1010. The second-order valence-corrected chi connectivity index (χ2v) is 5.36. The average Bonchev–Trinajstić information content (AvgIpc) is 2.51. The van der Waals surface area contributed by atoms with Gasteiger partial charge in [-0.3, -0.25) is 30.4 Å². The van der Waals surface area contributed by atoms with Gasteiger partial charge < -0.3 is 14.9 Å². The molecule has 11 heteroatoms. The van der Waals surface area contributed by atoms with Crippen molar-refractivity contribution < 1.29 is 4.92 Å². The number of hydrogen-bond donors (Lipinski definition) is 3. The molecular formula is C14H15BrN6O4. The maximum atomic E-state index is 11.6. The molecule has 25 heavy (non-hydrogen) atoms. The van der Waals surface area contributed by atoms with Crippen molar-refractivity contribution >= 4 is 39.4 Å². The number of aromatic nitrogens is 2. The second kappa shape index (κ2) is 6.99. The first-order chi connectivity index (χ1) is 11.3. The molecule has 1 atom stereocenters. The number of aliphatic imine (C=N–C) groups is 1. The van der Waals surface area contributed by atoms with Gasteiger partial charge in [0.25, 0.3) is 5.69 Å². The van der Waals surface area contributed by atoms with Crippen molar-refractivity contribution in [3.05, 3.63) is 60.8 Å². The van der Waals surface area contributed by atoms with E-state index < -0.39 is 22.3 Å². The lowest BCUT2D eigenvalue weighted by Gasteiger charge is -2.27. The summed E-state index contributed by atoms with van der Waals surface area (Å²) < 4.78 is 0. The summed E-state index contributed by atoms with van der Waals surface area (Å²) in [5.74, 6) is 0. The molecule has 0 spiro atoms. The average molecular weight is 411 g/mol. The summed E-state index contributed by atoms with van der Waals surface area (Å²) in [5, 5.41) is 11.1. The largest absolute Gasteiger partial charge is 0.340 e. The van der Waals surface area contributed by atoms with Gasteiger partial charge in [0, 0.05) is 36.2 Å². The van der Waals surface area contributed by atoms with E-state index in [1.54, 1.807) is 24.1 Å². The van der Waals surface area contributed by atoms with Gasteiger partial charge in [-0.05, 0) is 13.0 Å². The van der Waals surface area contributed by atoms with Crippen LogP contribution in [0.25, 0.3) is 11.0 Å². The van der Waals surface area contributed by atoms with E-state index in [1.807, 2.05) is 0 Å². The van der Waals surface area contributed by atoms with Crippen LogP contribution in [0.5, 0.6) is 0 Å². The lowest BCUT2D eigenvalue weighted by Crippen LogP contribution is -2.39. The minimum Gasteiger partial charge on any atom is -0.340 e. The van der Waals surface area contributed by atoms with E-state index >= 15 is 0 Å². The molecule has 0 saturated carbocycles. The number of H-pyrrole nitrogens is 2. The van der Waals surface area contributed by atoms with E-state index in [9.17, 15) is 19.7 Å². The second-order valence-electron chi connectivity index (χ2n) is 5.36. The van der Waals surface area contributed by atoms with Crippen molar-refractivity contribution in [3.63, 3.8) is 0 Å². The van der Waals surface area contributed by atoms with Gasteiger partial charge in [-0.15, -0.1) is 17.0 Å². The number of nitrogens with zero attached hydrogens (tertiary/aromatic N) is 3. The molecule has 0 amide bonds. The number of nitrogens with one attached hydrogen (secondary N) is 2. The smallest absolute Gasteiger partial charge is 0.314 e. The SMILES string of the molecule is Br.CC1=NC(N)N(Cc2cc([N+](=O)[O-])cc3[nH]c(=O)c(=O)[nH]c23)C=C1. The molecule has 1 unspecified atom stereocenters. The van der Waals surface area contributed by atoms with Gasteiger partial charge in [0.2, 0.25) is 0 Å². The number of nitro groups is 1. The topological polar surface area (TPSA) is 150 Å². The zero-order chi connectivity index (χ0) is 17.4. The molecule has 4 N–H and O–H groups in total. The van der Waals surface area contributed by atoms with Crippen LogP contribution in [0, 0.1) is 10.1 Å². The summed E-state index contributed by atoms with van der Waals surface area (Å²) in [6.07, 6.45) is 2.84. The molecule has 0 bridgehead atoms. The summed E-state index contributed by atoms with van der Waals surface area (Å²) in [6.45, 7) is 1.98. The highest BCUT2D eigenvalue weighted by molar-refractivity contribution is 8.93. The number of halogens is 1. The third kappa shape index (κ3) is 3.67. The van der Waals surface area contributed by atoms with Gasteiger partial charge in [0.1, 0.15) is 0 Å². The number of hydrogen-bond acceptors (Lipinski definition) is 7. The molecule has 10 nitrogen and oxygen atoms in total. The summed E-state index contributed by atoms with van der Waals surface area (Å²) in [6, 6.07) is 2.53. The zero-order valence-corrected chi connectivity index (χ0v) is 14.8. The predicted molar refractivity (Wildman–Crippen MR) is 97.9 cm³/mol. The Balaban J connectivity index is 0.00000225. The van der Waals surface area contributed by atoms with Crippen LogP contribution in [0.3, 0.4) is 0 Å². The number of allylic oxidation sites excluding steroid dienone is 1. The maximum absolute atomic E-state index is 11.6. The van der Waals surface area contributed by atoms with Gasteiger partial charge in [-0.1, -0.05) is 0 Å². The van der Waals surface area contributed by atoms with Gasteiger partial charge in [0.15, 0.2) is 6.29 Å². The highest BCUT2D eigenvalue weighted by Crippen LogP contribution is 2.23. The number of nitrogens with two attached hydrogens (primary N) is 1. The van der Waals surface area contributed by atoms with Crippen molar-refractivity contribution in [1.29, 1.82) is 0 Å². The molecule has 1 aliphatic heterocycles. The fourth-order valence-electron chi connectivity index (χ4n) is 2.47. The molecule has 0 aliphatic carbocycles. The number of benzene rings is 1. The minimum atomic E-state index is -0.872. The lowest BCUT2D eigenvalue weighted by molar-refractivity contribution is -0.384. The Morgan fingerprint density at radius 2 is 2.00 bits per heavy atom. The Morgan fingerprint density at radius 1 is 1.32 bits per heavy atom. The van der Waals surface area contributed by atoms with E-state index in [0.717, 1.165) is 5.71 Å². The summed E-state index contributed by atoms with van der Waals surface area (Å²) in [4.78, 5) is 44.3. The first-order valence-electron chi connectivity index (χ1n) is 7.03. The monoisotopic (exact) mass is 410 g/mol. The van der Waals surface area contributed by atoms with Gasteiger partial charge in [-0.25, -0.2) is 0 Å². The molecule has 3 rings (SSSR count). The zero-order valence-electron chi connectivity index (χ0n) is 13.1. The van der Waals surface area contributed by atoms with Gasteiger partial charge in [0.05, 0.1) is 16.0 Å². The van der Waals surface area contributed by atoms with E-state index in [-0.39, 0.29) is 34.7 Å². The van der Waals surface area contributed by atoms with Crippen molar-refractivity contribution in [2.45, 2.75) is 19.8 Å². The van der Waals surface area contributed by atoms with Crippen LogP contribution in [0.2, 0.25) is 0 Å². The predicted octanol–water partition coefficient (Wildman–Crippen LogP) is 0.735. The fourth-order valence-corrected chi connectivity index (χ4v) is 2.47. The van der Waals surface area contributed by atoms with Crippen LogP contribution >= 0.6 is 17.0 Å². The van der Waals surface area contributed by atoms with E-state index in [0.29, 0.717) is 11.1 Å². The summed E-state index contributed by atoms with van der Waals surface area (Å²) >= 11 is 0. The Labute approximate surface area is 151 Å². The maximum Gasteiger partial charge on any atom is 0.314 e. The third-order valence-electron chi connectivity index (χ3n) is 3.64. The summed E-state index contributed by atoms with van der Waals surface area (Å²) in [7, 11) is 0. The first kappa shape index (κ1) is 18.5. The molecule has 0 radical (unpaired) electrons. The molecule has 0 fully saturated rings. The Morgan fingerprint density at radius 3 is 2.64 bits per heavy atom. The molecule has 2 heterocycles. The first-order valence-corrected chi connectivity index (χ1v) is 7.03. The highest BCUT2D eigenvalue weighted by atomic mass is 79.9. The van der Waals surface area contributed by atoms with Crippen LogP contribution in [0.4, 0.5) is 5.69 Å². The van der Waals surface area contributed by atoms with Crippen molar-refractivity contribution in [1.82, 2.24) is 14.9 Å². The number of aromatic amines is 2. The molecule has 1 aromatic heterocycles. The van der Waals surface area contributed by atoms with Crippen LogP contribution in [0.15, 0.2) is 39.0 Å². The van der Waals surface area contributed by atoms with E-state index in [4.69, 9.17) is 5.73 Å². The Hall–Kier alpha value is -2.79. The normalized spacial score (nSPS) is 16.5.